The summed E-state index contributed by atoms with van der Waals surface area (Å²) in [5.74, 6) is 2.01. The summed E-state index contributed by atoms with van der Waals surface area (Å²) in [5, 5.41) is 13.6. The number of oxazole rings is 1. The summed E-state index contributed by atoms with van der Waals surface area (Å²) in [6.07, 6.45) is 7.38. The standard InChI is InChI=1S/C20H21N7O/c1-14-22-17(13-28-14)12-26-9-6-15(7-10-26)20-24-23-19-5-4-18(25-27(19)20)16-3-2-8-21-11-16/h2-5,8,11,13,15H,6-7,9-10,12H2,1H3. The molecule has 0 unspecified atom stereocenters. The minimum absolute atomic E-state index is 0.349. The molecule has 28 heavy (non-hydrogen) atoms. The van der Waals surface area contributed by atoms with Crippen LogP contribution in [0.25, 0.3) is 16.9 Å². The highest BCUT2D eigenvalue weighted by atomic mass is 16.3. The lowest BCUT2D eigenvalue weighted by Crippen LogP contribution is -2.33. The van der Waals surface area contributed by atoms with E-state index in [1.165, 1.54) is 0 Å². The van der Waals surface area contributed by atoms with Crippen molar-refractivity contribution < 1.29 is 4.42 Å². The van der Waals surface area contributed by atoms with E-state index < -0.39 is 0 Å². The first-order valence-electron chi connectivity index (χ1n) is 9.52. The Bertz CT molecular complexity index is 1080. The Balaban J connectivity index is 1.34. The Kier molecular flexibility index (Phi) is 4.32. The highest BCUT2D eigenvalue weighted by Gasteiger charge is 2.25. The molecule has 8 nitrogen and oxygen atoms in total. The molecular formula is C20H21N7O. The fraction of sp³-hybridized carbons (Fsp3) is 0.350. The summed E-state index contributed by atoms with van der Waals surface area (Å²) in [6, 6.07) is 7.86. The summed E-state index contributed by atoms with van der Waals surface area (Å²) in [5.41, 5.74) is 3.64. The van der Waals surface area contributed by atoms with E-state index in [-0.39, 0.29) is 0 Å². The molecule has 1 fully saturated rings. The van der Waals surface area contributed by atoms with E-state index in [0.717, 1.165) is 66.8 Å². The Morgan fingerprint density at radius 1 is 1.14 bits per heavy atom. The van der Waals surface area contributed by atoms with E-state index in [1.54, 1.807) is 12.5 Å². The fourth-order valence-corrected chi connectivity index (χ4v) is 3.79. The Labute approximate surface area is 162 Å². The van der Waals surface area contributed by atoms with Crippen LogP contribution < -0.4 is 0 Å². The van der Waals surface area contributed by atoms with Crippen molar-refractivity contribution in [2.75, 3.05) is 13.1 Å². The summed E-state index contributed by atoms with van der Waals surface area (Å²) < 4.78 is 7.20. The van der Waals surface area contributed by atoms with Crippen molar-refractivity contribution in [3.05, 3.63) is 60.3 Å². The molecule has 0 N–H and O–H groups in total. The monoisotopic (exact) mass is 375 g/mol. The quantitative estimate of drug-likeness (QED) is 0.542. The molecule has 1 aliphatic heterocycles. The third-order valence-corrected chi connectivity index (χ3v) is 5.25. The van der Waals surface area contributed by atoms with Crippen LogP contribution in [0.1, 0.15) is 36.2 Å². The minimum Gasteiger partial charge on any atom is -0.449 e. The maximum atomic E-state index is 5.31. The number of rotatable bonds is 4. The molecule has 0 saturated carbocycles. The highest BCUT2D eigenvalue weighted by Crippen LogP contribution is 2.28. The number of aromatic nitrogens is 6. The van der Waals surface area contributed by atoms with Gasteiger partial charge in [-0.25, -0.2) is 4.98 Å². The second kappa shape index (κ2) is 7.12. The van der Waals surface area contributed by atoms with E-state index in [1.807, 2.05) is 41.9 Å². The fourth-order valence-electron chi connectivity index (χ4n) is 3.79. The van der Waals surface area contributed by atoms with Gasteiger partial charge in [0.2, 0.25) is 0 Å². The van der Waals surface area contributed by atoms with Crippen molar-refractivity contribution in [3.63, 3.8) is 0 Å². The van der Waals surface area contributed by atoms with Gasteiger partial charge in [-0.2, -0.15) is 9.61 Å². The van der Waals surface area contributed by atoms with E-state index in [0.29, 0.717) is 5.92 Å². The van der Waals surface area contributed by atoms with Crippen molar-refractivity contribution in [1.29, 1.82) is 0 Å². The number of piperidine rings is 1. The van der Waals surface area contributed by atoms with Crippen LogP contribution >= 0.6 is 0 Å². The van der Waals surface area contributed by atoms with Crippen LogP contribution in [-0.4, -0.2) is 47.8 Å². The maximum Gasteiger partial charge on any atom is 0.191 e. The first-order valence-corrected chi connectivity index (χ1v) is 9.52. The van der Waals surface area contributed by atoms with Crippen LogP contribution in [0.3, 0.4) is 0 Å². The van der Waals surface area contributed by atoms with Crippen LogP contribution in [0.4, 0.5) is 0 Å². The average molecular weight is 375 g/mol. The Hall–Kier alpha value is -3.13. The van der Waals surface area contributed by atoms with Crippen molar-refractivity contribution in [2.45, 2.75) is 32.2 Å². The number of likely N-dealkylation sites (tertiary alicyclic amines) is 1. The molecule has 1 saturated heterocycles. The highest BCUT2D eigenvalue weighted by molar-refractivity contribution is 5.58. The SMILES string of the molecule is Cc1nc(CN2CCC(c3nnc4ccc(-c5cccnc5)nn34)CC2)co1. The number of hydrogen-bond donors (Lipinski definition) is 0. The van der Waals surface area contributed by atoms with Crippen LogP contribution in [0.15, 0.2) is 47.3 Å². The van der Waals surface area contributed by atoms with Gasteiger partial charge in [0.15, 0.2) is 17.4 Å². The van der Waals surface area contributed by atoms with Crippen LogP contribution in [-0.2, 0) is 6.54 Å². The van der Waals surface area contributed by atoms with E-state index in [2.05, 4.69) is 25.1 Å². The first kappa shape index (κ1) is 17.0. The largest absolute Gasteiger partial charge is 0.449 e. The minimum atomic E-state index is 0.349. The zero-order chi connectivity index (χ0) is 18.9. The lowest BCUT2D eigenvalue weighted by atomic mass is 9.96. The van der Waals surface area contributed by atoms with Gasteiger partial charge in [0.05, 0.1) is 11.4 Å². The van der Waals surface area contributed by atoms with Crippen LogP contribution in [0.5, 0.6) is 0 Å². The van der Waals surface area contributed by atoms with Gasteiger partial charge < -0.3 is 4.42 Å². The van der Waals surface area contributed by atoms with E-state index in [9.17, 15) is 0 Å². The van der Waals surface area contributed by atoms with Gasteiger partial charge in [-0.05, 0) is 50.2 Å². The molecule has 0 bridgehead atoms. The lowest BCUT2D eigenvalue weighted by molar-refractivity contribution is 0.198. The normalized spacial score (nSPS) is 16.0. The summed E-state index contributed by atoms with van der Waals surface area (Å²) in [4.78, 5) is 11.0. The van der Waals surface area contributed by atoms with Crippen LogP contribution in [0.2, 0.25) is 0 Å². The van der Waals surface area contributed by atoms with Gasteiger partial charge >= 0.3 is 0 Å². The zero-order valence-electron chi connectivity index (χ0n) is 15.7. The lowest BCUT2D eigenvalue weighted by Gasteiger charge is -2.30. The number of pyridine rings is 1. The second-order valence-corrected chi connectivity index (χ2v) is 7.20. The molecule has 0 aliphatic carbocycles. The zero-order valence-corrected chi connectivity index (χ0v) is 15.7. The van der Waals surface area contributed by atoms with Crippen LogP contribution in [0, 0.1) is 6.92 Å². The number of aryl methyl sites for hydroxylation is 1. The number of fused-ring (bicyclic) bond motifs is 1. The summed E-state index contributed by atoms with van der Waals surface area (Å²) in [6.45, 7) is 4.69. The topological polar surface area (TPSA) is 85.2 Å². The maximum absolute atomic E-state index is 5.31. The third kappa shape index (κ3) is 3.27. The van der Waals surface area contributed by atoms with E-state index in [4.69, 9.17) is 9.52 Å². The number of nitrogens with zero attached hydrogens (tertiary/aromatic N) is 7. The van der Waals surface area contributed by atoms with Gasteiger partial charge in [0, 0.05) is 37.3 Å². The molecular weight excluding hydrogens is 354 g/mol. The molecule has 0 spiro atoms. The summed E-state index contributed by atoms with van der Waals surface area (Å²) >= 11 is 0. The molecule has 5 heterocycles. The number of hydrogen-bond acceptors (Lipinski definition) is 7. The third-order valence-electron chi connectivity index (χ3n) is 5.25. The molecule has 4 aromatic rings. The molecule has 4 aromatic heterocycles. The Morgan fingerprint density at radius 2 is 2.04 bits per heavy atom. The molecule has 142 valence electrons. The molecule has 5 rings (SSSR count). The van der Waals surface area contributed by atoms with Crippen molar-refractivity contribution in [1.82, 2.24) is 34.7 Å². The first-order chi connectivity index (χ1) is 13.8. The average Bonchev–Trinajstić information content (AvgIpc) is 3.35. The molecule has 1 aliphatic rings. The van der Waals surface area contributed by atoms with Gasteiger partial charge in [-0.3, -0.25) is 9.88 Å². The van der Waals surface area contributed by atoms with Crippen molar-refractivity contribution >= 4 is 5.65 Å². The molecule has 0 aromatic carbocycles. The predicted molar refractivity (Wildman–Crippen MR) is 103 cm³/mol. The van der Waals surface area contributed by atoms with Crippen molar-refractivity contribution in [2.24, 2.45) is 0 Å². The molecule has 0 radical (unpaired) electrons. The van der Waals surface area contributed by atoms with Crippen molar-refractivity contribution in [3.8, 4) is 11.3 Å². The van der Waals surface area contributed by atoms with Gasteiger partial charge in [-0.15, -0.1) is 10.2 Å². The second-order valence-electron chi connectivity index (χ2n) is 7.20. The molecule has 8 heteroatoms. The van der Waals surface area contributed by atoms with Gasteiger partial charge in [0.25, 0.3) is 0 Å². The van der Waals surface area contributed by atoms with Gasteiger partial charge in [-0.1, -0.05) is 0 Å². The predicted octanol–water partition coefficient (Wildman–Crippen LogP) is 2.86. The Morgan fingerprint density at radius 3 is 2.79 bits per heavy atom. The van der Waals surface area contributed by atoms with E-state index >= 15 is 0 Å². The molecule has 0 amide bonds. The summed E-state index contributed by atoms with van der Waals surface area (Å²) in [7, 11) is 0. The smallest absolute Gasteiger partial charge is 0.191 e. The van der Waals surface area contributed by atoms with Gasteiger partial charge in [0.1, 0.15) is 6.26 Å². The molecule has 0 atom stereocenters.